The topological polar surface area (TPSA) is 80.0 Å². The molecular formula is C14H29NO5Si. The third-order valence-corrected chi connectivity index (χ3v) is 6.39. The van der Waals surface area contributed by atoms with Crippen molar-refractivity contribution < 1.29 is 22.8 Å². The smallest absolute Gasteiger partial charge is 0.462 e. The summed E-state index contributed by atoms with van der Waals surface area (Å²) < 4.78 is 21.5. The van der Waals surface area contributed by atoms with E-state index in [1.165, 1.54) is 0 Å². The first-order valence-corrected chi connectivity index (χ1v) is 8.82. The minimum absolute atomic E-state index is 0.0296. The second kappa shape index (κ2) is 8.65. The summed E-state index contributed by atoms with van der Waals surface area (Å²) in [5.74, 6) is -0.362. The Hall–Kier alpha value is -0.733. The maximum Gasteiger partial charge on any atom is 0.500 e. The van der Waals surface area contributed by atoms with E-state index in [4.69, 9.17) is 23.7 Å². The average Bonchev–Trinajstić information content (AvgIpc) is 2.41. The molecule has 0 fully saturated rings. The van der Waals surface area contributed by atoms with Gasteiger partial charge in [-0.05, 0) is 33.1 Å². The molecule has 2 N–H and O–H groups in total. The lowest BCUT2D eigenvalue weighted by molar-refractivity contribution is -0.139. The SMILES string of the molecule is C=C(C)C(=O)OCCC(C[Si](OC)(OC)OC)C(C)(C)N. The molecule has 0 radical (unpaired) electrons. The van der Waals surface area contributed by atoms with Gasteiger partial charge in [-0.15, -0.1) is 0 Å². The zero-order valence-electron chi connectivity index (χ0n) is 14.0. The van der Waals surface area contributed by atoms with Gasteiger partial charge in [-0.3, -0.25) is 0 Å². The fourth-order valence-corrected chi connectivity index (χ4v) is 4.29. The van der Waals surface area contributed by atoms with Crippen molar-refractivity contribution >= 4 is 14.8 Å². The van der Waals surface area contributed by atoms with E-state index >= 15 is 0 Å². The molecule has 0 spiro atoms. The van der Waals surface area contributed by atoms with Crippen LogP contribution in [0, 0.1) is 5.92 Å². The molecule has 7 heteroatoms. The van der Waals surface area contributed by atoms with E-state index in [0.29, 0.717) is 18.0 Å². The van der Waals surface area contributed by atoms with Crippen molar-refractivity contribution in [2.24, 2.45) is 11.7 Å². The van der Waals surface area contributed by atoms with E-state index in [1.54, 1.807) is 28.3 Å². The summed E-state index contributed by atoms with van der Waals surface area (Å²) >= 11 is 0. The van der Waals surface area contributed by atoms with Gasteiger partial charge in [0, 0.05) is 38.5 Å². The molecule has 0 aromatic rings. The third-order valence-electron chi connectivity index (χ3n) is 3.53. The average molecular weight is 319 g/mol. The predicted octanol–water partition coefficient (Wildman–Crippen LogP) is 1.73. The Kier molecular flexibility index (Phi) is 8.35. The van der Waals surface area contributed by atoms with Crippen LogP contribution in [0.1, 0.15) is 27.2 Å². The summed E-state index contributed by atoms with van der Waals surface area (Å²) in [6.07, 6.45) is 0.605. The minimum atomic E-state index is -2.73. The molecule has 1 atom stereocenters. The highest BCUT2D eigenvalue weighted by Gasteiger charge is 2.43. The Labute approximate surface area is 129 Å². The van der Waals surface area contributed by atoms with Gasteiger partial charge in [-0.2, -0.15) is 0 Å². The van der Waals surface area contributed by atoms with E-state index in [2.05, 4.69) is 6.58 Å². The first kappa shape index (κ1) is 20.3. The summed E-state index contributed by atoms with van der Waals surface area (Å²) in [6.45, 7) is 9.30. The first-order valence-electron chi connectivity index (χ1n) is 6.88. The lowest BCUT2D eigenvalue weighted by Crippen LogP contribution is -2.51. The number of ether oxygens (including phenoxy) is 1. The Morgan fingerprint density at radius 3 is 2.05 bits per heavy atom. The molecule has 0 saturated heterocycles. The second-order valence-corrected chi connectivity index (χ2v) is 8.72. The number of rotatable bonds is 10. The normalized spacial score (nSPS) is 13.9. The fraction of sp³-hybridized carbons (Fsp3) is 0.786. The molecule has 1 unspecified atom stereocenters. The highest BCUT2D eigenvalue weighted by molar-refractivity contribution is 6.60. The van der Waals surface area contributed by atoms with Gasteiger partial charge >= 0.3 is 14.8 Å². The lowest BCUT2D eigenvalue weighted by Gasteiger charge is -2.35. The van der Waals surface area contributed by atoms with Gasteiger partial charge in [0.15, 0.2) is 0 Å². The largest absolute Gasteiger partial charge is 0.500 e. The Morgan fingerprint density at radius 1 is 1.24 bits per heavy atom. The molecule has 0 aliphatic carbocycles. The van der Waals surface area contributed by atoms with Gasteiger partial charge in [0.1, 0.15) is 0 Å². The molecular weight excluding hydrogens is 290 g/mol. The van der Waals surface area contributed by atoms with E-state index < -0.39 is 20.3 Å². The van der Waals surface area contributed by atoms with Crippen molar-refractivity contribution in [2.75, 3.05) is 27.9 Å². The number of carbonyl (C=O) groups is 1. The molecule has 0 heterocycles. The molecule has 0 rings (SSSR count). The van der Waals surface area contributed by atoms with Crippen molar-refractivity contribution in [1.29, 1.82) is 0 Å². The summed E-state index contributed by atoms with van der Waals surface area (Å²) in [7, 11) is 1.98. The van der Waals surface area contributed by atoms with E-state index in [9.17, 15) is 4.79 Å². The molecule has 0 aromatic heterocycles. The molecule has 0 aliphatic heterocycles. The van der Waals surface area contributed by atoms with Crippen LogP contribution >= 0.6 is 0 Å². The van der Waals surface area contributed by atoms with Gasteiger partial charge in [0.25, 0.3) is 0 Å². The van der Waals surface area contributed by atoms with Gasteiger partial charge in [-0.25, -0.2) is 4.79 Å². The van der Waals surface area contributed by atoms with Crippen molar-refractivity contribution in [1.82, 2.24) is 0 Å². The maximum absolute atomic E-state index is 11.4. The van der Waals surface area contributed by atoms with Gasteiger partial charge in [-0.1, -0.05) is 6.58 Å². The van der Waals surface area contributed by atoms with E-state index in [-0.39, 0.29) is 12.5 Å². The van der Waals surface area contributed by atoms with Crippen LogP contribution in [0.2, 0.25) is 6.04 Å². The zero-order valence-corrected chi connectivity index (χ0v) is 15.0. The van der Waals surface area contributed by atoms with Crippen LogP contribution in [0.4, 0.5) is 0 Å². The molecule has 0 amide bonds. The van der Waals surface area contributed by atoms with E-state index in [0.717, 1.165) is 0 Å². The summed E-state index contributed by atoms with van der Waals surface area (Å²) in [5.41, 5.74) is 6.14. The van der Waals surface area contributed by atoms with Crippen molar-refractivity contribution in [3.63, 3.8) is 0 Å². The Bertz CT molecular complexity index is 341. The van der Waals surface area contributed by atoms with Crippen LogP contribution < -0.4 is 5.73 Å². The number of hydrogen-bond donors (Lipinski definition) is 1. The van der Waals surface area contributed by atoms with Crippen molar-refractivity contribution in [2.45, 2.75) is 38.8 Å². The molecule has 21 heavy (non-hydrogen) atoms. The fourth-order valence-electron chi connectivity index (χ4n) is 1.96. The highest BCUT2D eigenvalue weighted by atomic mass is 28.4. The highest BCUT2D eigenvalue weighted by Crippen LogP contribution is 2.29. The van der Waals surface area contributed by atoms with Crippen molar-refractivity contribution in [3.05, 3.63) is 12.2 Å². The Balaban J connectivity index is 4.75. The molecule has 124 valence electrons. The van der Waals surface area contributed by atoms with Gasteiger partial charge in [0.05, 0.1) is 6.61 Å². The Morgan fingerprint density at radius 2 is 1.71 bits per heavy atom. The monoisotopic (exact) mass is 319 g/mol. The third kappa shape index (κ3) is 6.71. The van der Waals surface area contributed by atoms with Crippen LogP contribution in [0.25, 0.3) is 0 Å². The minimum Gasteiger partial charge on any atom is -0.462 e. The van der Waals surface area contributed by atoms with Crippen LogP contribution in [0.5, 0.6) is 0 Å². The molecule has 0 bridgehead atoms. The summed E-state index contributed by atoms with van der Waals surface area (Å²) in [4.78, 5) is 11.4. The number of hydrogen-bond acceptors (Lipinski definition) is 6. The molecule has 0 aromatic carbocycles. The standard InChI is InChI=1S/C14H29NO5Si/c1-11(2)13(16)20-9-8-12(14(3,4)15)10-21(17-5,18-6)19-7/h12H,1,8-10,15H2,2-7H3. The van der Waals surface area contributed by atoms with Crippen LogP contribution in [0.3, 0.4) is 0 Å². The maximum atomic E-state index is 11.4. The number of esters is 1. The van der Waals surface area contributed by atoms with Gasteiger partial charge < -0.3 is 23.7 Å². The summed E-state index contributed by atoms with van der Waals surface area (Å²) in [5, 5.41) is 0. The van der Waals surface area contributed by atoms with Gasteiger partial charge in [0.2, 0.25) is 0 Å². The van der Waals surface area contributed by atoms with Crippen LogP contribution in [-0.4, -0.2) is 48.2 Å². The predicted molar refractivity (Wildman–Crippen MR) is 83.7 cm³/mol. The second-order valence-electron chi connectivity index (χ2n) is 5.72. The molecule has 6 nitrogen and oxygen atoms in total. The lowest BCUT2D eigenvalue weighted by atomic mass is 9.87. The number of nitrogens with two attached hydrogens (primary N) is 1. The van der Waals surface area contributed by atoms with Crippen LogP contribution in [0.15, 0.2) is 12.2 Å². The van der Waals surface area contributed by atoms with E-state index in [1.807, 2.05) is 13.8 Å². The quantitative estimate of drug-likeness (QED) is 0.375. The number of carbonyl (C=O) groups excluding carboxylic acids is 1. The molecule has 0 aliphatic rings. The first-order chi connectivity index (χ1) is 9.61. The molecule has 0 saturated carbocycles. The summed E-state index contributed by atoms with van der Waals surface area (Å²) in [6, 6.07) is 0.560. The van der Waals surface area contributed by atoms with Crippen LogP contribution in [-0.2, 0) is 22.8 Å². The zero-order chi connectivity index (χ0) is 16.7. The van der Waals surface area contributed by atoms with Crippen molar-refractivity contribution in [3.8, 4) is 0 Å².